The summed E-state index contributed by atoms with van der Waals surface area (Å²) in [7, 11) is -1.14. The monoisotopic (exact) mass is 471 g/mol. The van der Waals surface area contributed by atoms with Gasteiger partial charge in [-0.2, -0.15) is 0 Å². The smallest absolute Gasteiger partial charge is 0.191 e. The molecule has 0 heterocycles. The summed E-state index contributed by atoms with van der Waals surface area (Å²) >= 11 is 0. The molecule has 0 aromatic heterocycles. The molecule has 0 spiro atoms. The average Bonchev–Trinajstić information content (AvgIpc) is 3.12. The van der Waals surface area contributed by atoms with Crippen LogP contribution in [0.15, 0.2) is 4.99 Å². The number of hydrogen-bond acceptors (Lipinski definition) is 3. The van der Waals surface area contributed by atoms with Gasteiger partial charge in [-0.05, 0) is 43.4 Å². The van der Waals surface area contributed by atoms with Crippen LogP contribution in [0.2, 0.25) is 0 Å². The highest BCUT2D eigenvalue weighted by atomic mass is 127. The van der Waals surface area contributed by atoms with Crippen LogP contribution < -0.4 is 10.6 Å². The van der Waals surface area contributed by atoms with Crippen molar-refractivity contribution in [1.82, 2.24) is 10.6 Å². The Morgan fingerprint density at radius 3 is 1.96 bits per heavy atom. The molecule has 24 heavy (non-hydrogen) atoms. The Bertz CT molecular complexity index is 538. The predicted octanol–water partition coefficient (Wildman–Crippen LogP) is 2.81. The molecule has 2 aliphatic rings. The molecule has 2 aliphatic carbocycles. The summed E-state index contributed by atoms with van der Waals surface area (Å²) < 4.78 is 23.1. The predicted molar refractivity (Wildman–Crippen MR) is 112 cm³/mol. The number of halogens is 1. The van der Waals surface area contributed by atoms with Crippen molar-refractivity contribution < 1.29 is 8.42 Å². The molecule has 2 rings (SSSR count). The van der Waals surface area contributed by atoms with E-state index in [1.807, 2.05) is 0 Å². The Morgan fingerprint density at radius 1 is 1.08 bits per heavy atom. The van der Waals surface area contributed by atoms with E-state index in [2.05, 4.69) is 29.5 Å². The summed E-state index contributed by atoms with van der Waals surface area (Å²) in [6.45, 7) is 6.23. The van der Waals surface area contributed by atoms with Crippen molar-refractivity contribution in [1.29, 1.82) is 0 Å². The molecule has 0 aromatic rings. The maximum absolute atomic E-state index is 11.5. The molecule has 7 heteroatoms. The van der Waals surface area contributed by atoms with Gasteiger partial charge in [0.05, 0.1) is 5.75 Å². The molecule has 0 unspecified atom stereocenters. The van der Waals surface area contributed by atoms with Gasteiger partial charge in [0.2, 0.25) is 0 Å². The molecular formula is C17H34IN3O2S. The van der Waals surface area contributed by atoms with Gasteiger partial charge in [-0.25, -0.2) is 8.42 Å². The van der Waals surface area contributed by atoms with Crippen LogP contribution in [0.5, 0.6) is 0 Å². The lowest BCUT2D eigenvalue weighted by Crippen LogP contribution is -2.48. The Kier molecular flexibility index (Phi) is 7.84. The molecule has 0 amide bonds. The van der Waals surface area contributed by atoms with Crippen LogP contribution in [0.3, 0.4) is 0 Å². The van der Waals surface area contributed by atoms with Gasteiger partial charge >= 0.3 is 0 Å². The van der Waals surface area contributed by atoms with Crippen LogP contribution in [0.4, 0.5) is 0 Å². The first-order chi connectivity index (χ1) is 10.7. The first-order valence-electron chi connectivity index (χ1n) is 8.80. The van der Waals surface area contributed by atoms with E-state index in [4.69, 9.17) is 0 Å². The quantitative estimate of drug-likeness (QED) is 0.325. The molecular weight excluding hydrogens is 437 g/mol. The molecule has 0 aliphatic heterocycles. The summed E-state index contributed by atoms with van der Waals surface area (Å²) in [5.74, 6) is 1.80. The SMILES string of the molecule is CN=C(NCC1(CC(C)C)CCC1)NCC1(CS(C)(=O)=O)CC1.I. The molecule has 0 saturated heterocycles. The summed E-state index contributed by atoms with van der Waals surface area (Å²) in [6.07, 6.45) is 8.49. The van der Waals surface area contributed by atoms with Gasteiger partial charge in [-0.3, -0.25) is 4.99 Å². The minimum atomic E-state index is -2.92. The fourth-order valence-electron chi connectivity index (χ4n) is 3.86. The standard InChI is InChI=1S/C17H33N3O2S.HI/c1-14(2)10-16(6-5-7-16)11-19-15(18-3)20-12-17(8-9-17)13-23(4,21)22;/h14H,5-13H2,1-4H3,(H2,18,19,20);1H. The molecule has 0 bridgehead atoms. The van der Waals surface area contributed by atoms with E-state index < -0.39 is 9.84 Å². The maximum atomic E-state index is 11.5. The first kappa shape index (κ1) is 22.0. The third kappa shape index (κ3) is 6.69. The molecule has 2 saturated carbocycles. The van der Waals surface area contributed by atoms with Gasteiger partial charge in [0.15, 0.2) is 5.96 Å². The van der Waals surface area contributed by atoms with Crippen LogP contribution in [-0.2, 0) is 9.84 Å². The largest absolute Gasteiger partial charge is 0.356 e. The van der Waals surface area contributed by atoms with Gasteiger partial charge in [0.1, 0.15) is 9.84 Å². The van der Waals surface area contributed by atoms with E-state index in [0.717, 1.165) is 31.3 Å². The van der Waals surface area contributed by atoms with E-state index in [0.29, 0.717) is 12.0 Å². The van der Waals surface area contributed by atoms with Crippen molar-refractivity contribution in [2.75, 3.05) is 32.1 Å². The fraction of sp³-hybridized carbons (Fsp3) is 0.941. The van der Waals surface area contributed by atoms with Gasteiger partial charge < -0.3 is 10.6 Å². The Balaban J connectivity index is 0.00000288. The third-order valence-corrected chi connectivity index (χ3v) is 6.40. The Morgan fingerprint density at radius 2 is 1.62 bits per heavy atom. The van der Waals surface area contributed by atoms with Crippen LogP contribution in [-0.4, -0.2) is 46.5 Å². The summed E-state index contributed by atoms with van der Waals surface area (Å²) in [6, 6.07) is 0. The van der Waals surface area contributed by atoms with E-state index in [-0.39, 0.29) is 35.1 Å². The van der Waals surface area contributed by atoms with Crippen molar-refractivity contribution in [3.05, 3.63) is 0 Å². The topological polar surface area (TPSA) is 70.6 Å². The first-order valence-corrected chi connectivity index (χ1v) is 10.9. The van der Waals surface area contributed by atoms with Crippen molar-refractivity contribution in [3.8, 4) is 0 Å². The summed E-state index contributed by atoms with van der Waals surface area (Å²) in [5.41, 5.74) is 0.354. The fourth-order valence-corrected chi connectivity index (χ4v) is 5.37. The van der Waals surface area contributed by atoms with Crippen molar-refractivity contribution in [3.63, 3.8) is 0 Å². The highest BCUT2D eigenvalue weighted by molar-refractivity contribution is 14.0. The highest BCUT2D eigenvalue weighted by Crippen LogP contribution is 2.46. The normalized spacial score (nSPS) is 21.6. The van der Waals surface area contributed by atoms with Crippen LogP contribution in [0.25, 0.3) is 0 Å². The van der Waals surface area contributed by atoms with Gasteiger partial charge in [-0.1, -0.05) is 20.3 Å². The molecule has 0 radical (unpaired) electrons. The molecule has 0 aromatic carbocycles. The van der Waals surface area contributed by atoms with Crippen molar-refractivity contribution in [2.24, 2.45) is 21.7 Å². The number of sulfone groups is 1. The number of guanidine groups is 1. The minimum Gasteiger partial charge on any atom is -0.356 e. The van der Waals surface area contributed by atoms with Crippen molar-refractivity contribution in [2.45, 2.75) is 52.4 Å². The molecule has 5 nitrogen and oxygen atoms in total. The van der Waals surface area contributed by atoms with Gasteiger partial charge in [-0.15, -0.1) is 24.0 Å². The zero-order valence-electron chi connectivity index (χ0n) is 15.5. The van der Waals surface area contributed by atoms with E-state index >= 15 is 0 Å². The lowest BCUT2D eigenvalue weighted by atomic mass is 9.64. The zero-order chi connectivity index (χ0) is 17.1. The number of nitrogens with one attached hydrogen (secondary N) is 2. The molecule has 2 N–H and O–H groups in total. The Labute approximate surface area is 164 Å². The number of rotatable bonds is 8. The second-order valence-corrected chi connectivity index (χ2v) is 10.4. The highest BCUT2D eigenvalue weighted by Gasteiger charge is 2.45. The molecule has 142 valence electrons. The summed E-state index contributed by atoms with van der Waals surface area (Å²) in [4.78, 5) is 4.30. The number of aliphatic imine (C=N–C) groups is 1. The second kappa shape index (κ2) is 8.56. The Hall–Kier alpha value is -0.0500. The van der Waals surface area contributed by atoms with E-state index in [1.165, 1.54) is 31.9 Å². The van der Waals surface area contributed by atoms with E-state index in [9.17, 15) is 8.42 Å². The van der Waals surface area contributed by atoms with Gasteiger partial charge in [0.25, 0.3) is 0 Å². The molecule has 2 fully saturated rings. The number of hydrogen-bond donors (Lipinski definition) is 2. The summed E-state index contributed by atoms with van der Waals surface area (Å²) in [5, 5.41) is 6.81. The van der Waals surface area contributed by atoms with Crippen molar-refractivity contribution >= 4 is 39.8 Å². The average molecular weight is 471 g/mol. The maximum Gasteiger partial charge on any atom is 0.191 e. The zero-order valence-corrected chi connectivity index (χ0v) is 18.7. The minimum absolute atomic E-state index is 0. The van der Waals surface area contributed by atoms with Crippen LogP contribution in [0.1, 0.15) is 52.4 Å². The number of nitrogens with zero attached hydrogens (tertiary/aromatic N) is 1. The van der Waals surface area contributed by atoms with Crippen LogP contribution >= 0.6 is 24.0 Å². The van der Waals surface area contributed by atoms with E-state index in [1.54, 1.807) is 7.05 Å². The second-order valence-electron chi connectivity index (χ2n) is 8.30. The van der Waals surface area contributed by atoms with Crippen LogP contribution in [0, 0.1) is 16.7 Å². The molecule has 0 atom stereocenters. The van der Waals surface area contributed by atoms with Gasteiger partial charge in [0, 0.05) is 31.8 Å². The lowest BCUT2D eigenvalue weighted by Gasteiger charge is -2.43. The lowest BCUT2D eigenvalue weighted by molar-refractivity contribution is 0.104. The third-order valence-electron chi connectivity index (χ3n) is 5.27.